The Bertz CT molecular complexity index is 1120. The van der Waals surface area contributed by atoms with Crippen molar-refractivity contribution in [3.05, 3.63) is 64.7 Å². The quantitative estimate of drug-likeness (QED) is 0.604. The number of esters is 1. The van der Waals surface area contributed by atoms with Gasteiger partial charge in [-0.2, -0.15) is 13.2 Å². The molecule has 0 N–H and O–H groups in total. The summed E-state index contributed by atoms with van der Waals surface area (Å²) in [7, 11) is 1.33. The zero-order valence-corrected chi connectivity index (χ0v) is 19.3. The predicted octanol–water partition coefficient (Wildman–Crippen LogP) is 3.45. The van der Waals surface area contributed by atoms with E-state index in [1.165, 1.54) is 7.11 Å². The number of amides is 3. The molecular formula is C25H26F3N3O4. The molecule has 0 aromatic heterocycles. The molecule has 1 fully saturated rings. The van der Waals surface area contributed by atoms with Crippen LogP contribution in [-0.4, -0.2) is 73.7 Å². The first-order valence-electron chi connectivity index (χ1n) is 11.4. The third-order valence-electron chi connectivity index (χ3n) is 6.47. The third kappa shape index (κ3) is 5.41. The van der Waals surface area contributed by atoms with Crippen LogP contribution in [0.3, 0.4) is 0 Å². The van der Waals surface area contributed by atoms with Crippen LogP contribution in [0.15, 0.2) is 42.5 Å². The molecule has 2 aliphatic heterocycles. The average molecular weight is 489 g/mol. The van der Waals surface area contributed by atoms with Gasteiger partial charge >= 0.3 is 24.1 Å². The molecule has 7 nitrogen and oxygen atoms in total. The molecule has 0 bridgehead atoms. The molecule has 35 heavy (non-hydrogen) atoms. The van der Waals surface area contributed by atoms with Gasteiger partial charge in [0.2, 0.25) is 0 Å². The van der Waals surface area contributed by atoms with Crippen LogP contribution >= 0.6 is 0 Å². The third-order valence-corrected chi connectivity index (χ3v) is 6.47. The number of anilines is 1. The second kappa shape index (κ2) is 9.97. The van der Waals surface area contributed by atoms with Crippen LogP contribution in [0.4, 0.5) is 23.7 Å². The van der Waals surface area contributed by atoms with Crippen LogP contribution in [0.5, 0.6) is 0 Å². The van der Waals surface area contributed by atoms with Crippen LogP contribution in [0.2, 0.25) is 0 Å². The summed E-state index contributed by atoms with van der Waals surface area (Å²) in [5.74, 6) is -2.21. The van der Waals surface area contributed by atoms with Crippen molar-refractivity contribution in [2.24, 2.45) is 0 Å². The van der Waals surface area contributed by atoms with Gasteiger partial charge in [-0.1, -0.05) is 18.2 Å². The average Bonchev–Trinajstić information content (AvgIpc) is 3.08. The van der Waals surface area contributed by atoms with Crippen molar-refractivity contribution < 1.29 is 32.3 Å². The molecule has 2 aromatic carbocycles. The summed E-state index contributed by atoms with van der Waals surface area (Å²) in [5.41, 5.74) is 3.91. The van der Waals surface area contributed by atoms with E-state index >= 15 is 0 Å². The van der Waals surface area contributed by atoms with E-state index in [9.17, 15) is 27.6 Å². The summed E-state index contributed by atoms with van der Waals surface area (Å²) in [6.07, 6.45) is -3.60. The number of hydrogen-bond donors (Lipinski definition) is 0. The normalized spacial score (nSPS) is 16.2. The van der Waals surface area contributed by atoms with Gasteiger partial charge in [0.1, 0.15) is 0 Å². The summed E-state index contributed by atoms with van der Waals surface area (Å²) in [6.45, 7) is 1.60. The number of ether oxygens (including phenoxy) is 1. The molecule has 4 rings (SSSR count). The standard InChI is InChI=1S/C25H26F3N3O4/c1-35-22(32)19-4-2-17(3-5-19)8-11-30-14-15-31(24(30)34)21-7-6-18-9-12-29(13-10-20(18)16-21)23(33)25(26,27)28/h2-7,16H,8-15H2,1H3. The molecular weight excluding hydrogens is 463 g/mol. The van der Waals surface area contributed by atoms with Crippen molar-refractivity contribution in [3.63, 3.8) is 0 Å². The Morgan fingerprint density at radius 2 is 1.63 bits per heavy atom. The lowest BCUT2D eigenvalue weighted by molar-refractivity contribution is -0.185. The number of rotatable bonds is 5. The fraction of sp³-hybridized carbons (Fsp3) is 0.400. The van der Waals surface area contributed by atoms with Gasteiger partial charge in [-0.05, 0) is 60.2 Å². The Morgan fingerprint density at radius 3 is 2.29 bits per heavy atom. The number of fused-ring (bicyclic) bond motifs is 1. The summed E-state index contributed by atoms with van der Waals surface area (Å²) < 4.78 is 43.2. The second-order valence-corrected chi connectivity index (χ2v) is 8.60. The lowest BCUT2D eigenvalue weighted by Gasteiger charge is -2.21. The van der Waals surface area contributed by atoms with Crippen molar-refractivity contribution in [1.82, 2.24) is 9.80 Å². The highest BCUT2D eigenvalue weighted by Gasteiger charge is 2.42. The molecule has 2 aromatic rings. The van der Waals surface area contributed by atoms with E-state index in [0.717, 1.165) is 21.6 Å². The van der Waals surface area contributed by atoms with E-state index in [1.54, 1.807) is 21.9 Å². The van der Waals surface area contributed by atoms with Gasteiger partial charge in [-0.25, -0.2) is 9.59 Å². The molecule has 0 radical (unpaired) electrons. The monoisotopic (exact) mass is 489 g/mol. The Kier molecular flexibility index (Phi) is 7.00. The first kappa shape index (κ1) is 24.6. The number of halogens is 3. The largest absolute Gasteiger partial charge is 0.471 e. The topological polar surface area (TPSA) is 70.2 Å². The molecule has 1 saturated heterocycles. The van der Waals surface area contributed by atoms with Crippen LogP contribution in [0.25, 0.3) is 0 Å². The number of hydrogen-bond acceptors (Lipinski definition) is 4. The molecule has 0 saturated carbocycles. The number of alkyl halides is 3. The maximum absolute atomic E-state index is 13.0. The lowest BCUT2D eigenvalue weighted by Crippen LogP contribution is -2.42. The minimum absolute atomic E-state index is 0.0103. The molecule has 0 atom stereocenters. The Hall–Kier alpha value is -3.56. The summed E-state index contributed by atoms with van der Waals surface area (Å²) in [4.78, 5) is 40.5. The van der Waals surface area contributed by atoms with Crippen LogP contribution < -0.4 is 4.90 Å². The number of nitrogens with zero attached hydrogens (tertiary/aromatic N) is 3. The zero-order chi connectivity index (χ0) is 25.2. The number of methoxy groups -OCH3 is 1. The van der Waals surface area contributed by atoms with Gasteiger partial charge in [-0.15, -0.1) is 0 Å². The predicted molar refractivity (Wildman–Crippen MR) is 122 cm³/mol. The first-order chi connectivity index (χ1) is 16.7. The molecule has 10 heteroatoms. The van der Waals surface area contributed by atoms with Gasteiger partial charge in [-0.3, -0.25) is 9.69 Å². The summed E-state index contributed by atoms with van der Waals surface area (Å²) >= 11 is 0. The van der Waals surface area contributed by atoms with E-state index in [2.05, 4.69) is 0 Å². The van der Waals surface area contributed by atoms with E-state index in [4.69, 9.17) is 4.74 Å². The van der Waals surface area contributed by atoms with Crippen molar-refractivity contribution in [1.29, 1.82) is 0 Å². The van der Waals surface area contributed by atoms with E-state index in [0.29, 0.717) is 50.1 Å². The van der Waals surface area contributed by atoms with Gasteiger partial charge in [0, 0.05) is 38.4 Å². The van der Waals surface area contributed by atoms with E-state index in [1.807, 2.05) is 30.3 Å². The number of carbonyl (C=O) groups excluding carboxylic acids is 3. The summed E-state index contributed by atoms with van der Waals surface area (Å²) in [6, 6.07) is 12.4. The van der Waals surface area contributed by atoms with Gasteiger partial charge in [0.15, 0.2) is 0 Å². The fourth-order valence-electron chi connectivity index (χ4n) is 4.48. The molecule has 0 unspecified atom stereocenters. The number of benzene rings is 2. The van der Waals surface area contributed by atoms with Crippen molar-refractivity contribution >= 4 is 23.6 Å². The van der Waals surface area contributed by atoms with E-state index < -0.39 is 18.1 Å². The maximum Gasteiger partial charge on any atom is 0.471 e. The van der Waals surface area contributed by atoms with Crippen molar-refractivity contribution in [2.45, 2.75) is 25.4 Å². The van der Waals surface area contributed by atoms with Crippen LogP contribution in [0.1, 0.15) is 27.0 Å². The Balaban J connectivity index is 1.37. The van der Waals surface area contributed by atoms with Crippen LogP contribution in [0, 0.1) is 0 Å². The number of carbonyl (C=O) groups is 3. The second-order valence-electron chi connectivity index (χ2n) is 8.60. The molecule has 2 aliphatic rings. The molecule has 0 aliphatic carbocycles. The van der Waals surface area contributed by atoms with Gasteiger partial charge in [0.25, 0.3) is 0 Å². The highest BCUT2D eigenvalue weighted by Crippen LogP contribution is 2.27. The SMILES string of the molecule is COC(=O)c1ccc(CCN2CCN(c3ccc4c(c3)CCN(C(=O)C(F)(F)F)CC4)C2=O)cc1. The minimum atomic E-state index is -4.88. The van der Waals surface area contributed by atoms with Gasteiger partial charge < -0.3 is 14.5 Å². The highest BCUT2D eigenvalue weighted by atomic mass is 19.4. The zero-order valence-electron chi connectivity index (χ0n) is 19.3. The maximum atomic E-state index is 13.0. The smallest absolute Gasteiger partial charge is 0.465 e. The van der Waals surface area contributed by atoms with Crippen molar-refractivity contribution in [3.8, 4) is 0 Å². The van der Waals surface area contributed by atoms with E-state index in [-0.39, 0.29) is 19.1 Å². The lowest BCUT2D eigenvalue weighted by atomic mass is 10.0. The first-order valence-corrected chi connectivity index (χ1v) is 11.4. The Labute approximate surface area is 201 Å². The van der Waals surface area contributed by atoms with Gasteiger partial charge in [0.05, 0.1) is 12.7 Å². The summed E-state index contributed by atoms with van der Waals surface area (Å²) in [5, 5.41) is 0. The molecule has 0 spiro atoms. The number of urea groups is 1. The molecule has 3 amide bonds. The minimum Gasteiger partial charge on any atom is -0.465 e. The van der Waals surface area contributed by atoms with Crippen molar-refractivity contribution in [2.75, 3.05) is 44.7 Å². The Morgan fingerprint density at radius 1 is 0.943 bits per heavy atom. The highest BCUT2D eigenvalue weighted by molar-refractivity contribution is 5.94. The molecule has 186 valence electrons. The molecule has 2 heterocycles. The fourth-order valence-corrected chi connectivity index (χ4v) is 4.48. The van der Waals surface area contributed by atoms with Crippen LogP contribution in [-0.2, 0) is 28.8 Å².